The first-order chi connectivity index (χ1) is 14.3. The van der Waals surface area contributed by atoms with Crippen molar-refractivity contribution in [1.29, 1.82) is 0 Å². The van der Waals surface area contributed by atoms with Crippen LogP contribution >= 0.6 is 0 Å². The van der Waals surface area contributed by atoms with Gasteiger partial charge < -0.3 is 5.11 Å². The largest absolute Gasteiger partial charge is 0.392 e. The molecule has 4 fully saturated rings. The van der Waals surface area contributed by atoms with Gasteiger partial charge in [0.2, 0.25) is 0 Å². The highest BCUT2D eigenvalue weighted by Crippen LogP contribution is 2.67. The maximum Gasteiger partial charge on any atom is 0.157 e. The quantitative estimate of drug-likeness (QED) is 0.736. The van der Waals surface area contributed by atoms with E-state index in [0.717, 1.165) is 41.6 Å². The lowest BCUT2D eigenvalue weighted by Gasteiger charge is -2.61. The third-order valence-corrected chi connectivity index (χ3v) is 10.5. The van der Waals surface area contributed by atoms with Crippen LogP contribution in [0.2, 0.25) is 0 Å². The van der Waals surface area contributed by atoms with Gasteiger partial charge in [-0.25, -0.2) is 0 Å². The van der Waals surface area contributed by atoms with Crippen molar-refractivity contribution in [2.75, 3.05) is 0 Å². The van der Waals surface area contributed by atoms with Crippen molar-refractivity contribution in [3.05, 3.63) is 18.0 Å². The summed E-state index contributed by atoms with van der Waals surface area (Å²) in [5.74, 6) is 4.84. The lowest BCUT2D eigenvalue weighted by molar-refractivity contribution is -0.137. The van der Waals surface area contributed by atoms with Crippen LogP contribution in [0.1, 0.15) is 84.1 Å². The van der Waals surface area contributed by atoms with Crippen molar-refractivity contribution in [1.82, 2.24) is 9.78 Å². The summed E-state index contributed by atoms with van der Waals surface area (Å²) in [7, 11) is 0. The number of Topliss-reactive ketones (excluding diaryl/α,β-unsaturated/α-hetero) is 1. The molecule has 8 unspecified atom stereocenters. The molecule has 4 aliphatic rings. The molecule has 0 radical (unpaired) electrons. The molecule has 1 N–H and O–H groups in total. The van der Waals surface area contributed by atoms with E-state index in [1.165, 1.54) is 51.4 Å². The Kier molecular flexibility index (Phi) is 5.16. The Morgan fingerprint density at radius 2 is 1.87 bits per heavy atom. The lowest BCUT2D eigenvalue weighted by Crippen LogP contribution is -2.53. The second-order valence-electron chi connectivity index (χ2n) is 11.9. The van der Waals surface area contributed by atoms with E-state index in [1.54, 1.807) is 10.9 Å². The lowest BCUT2D eigenvalue weighted by atomic mass is 9.44. The Labute approximate surface area is 181 Å². The summed E-state index contributed by atoms with van der Waals surface area (Å²) in [5.41, 5.74) is 1.51. The molecule has 0 saturated heterocycles. The molecule has 8 atom stereocenters. The summed E-state index contributed by atoms with van der Waals surface area (Å²) in [6.45, 7) is 7.89. The van der Waals surface area contributed by atoms with Gasteiger partial charge in [-0.3, -0.25) is 9.48 Å². The standard InChI is InChI=1S/C26H40N2O2/c1-17-8-10-25(2)19(12-17)4-5-20-21-6-7-23(26(21,3)11-9-22(20)25)24(30)15-28-14-18(16-29)13-27-28/h13-14,17,19-23,29H,4-12,15-16H2,1-3H3. The van der Waals surface area contributed by atoms with E-state index in [9.17, 15) is 9.90 Å². The van der Waals surface area contributed by atoms with E-state index < -0.39 is 0 Å². The number of carbonyl (C=O) groups excluding carboxylic acids is 1. The number of hydrogen-bond donors (Lipinski definition) is 1. The fourth-order valence-electron chi connectivity index (χ4n) is 8.85. The SMILES string of the molecule is CC1CCC2(C)C(CCC3C2CCC2(C)C(C(=O)Cn4cc(CO)cn4)CCC32)C1. The number of carbonyl (C=O) groups is 1. The highest BCUT2D eigenvalue weighted by molar-refractivity contribution is 5.82. The van der Waals surface area contributed by atoms with Crippen LogP contribution in [-0.2, 0) is 17.9 Å². The molecule has 166 valence electrons. The minimum atomic E-state index is -0.0149. The van der Waals surface area contributed by atoms with Crippen LogP contribution in [0.5, 0.6) is 0 Å². The second-order valence-corrected chi connectivity index (χ2v) is 11.9. The van der Waals surface area contributed by atoms with E-state index in [0.29, 0.717) is 17.7 Å². The van der Waals surface area contributed by atoms with Gasteiger partial charge in [-0.05, 0) is 91.8 Å². The molecule has 0 aliphatic heterocycles. The fraction of sp³-hybridized carbons (Fsp3) is 0.846. The first kappa shape index (κ1) is 20.7. The highest BCUT2D eigenvalue weighted by Gasteiger charge is 2.60. The molecule has 4 heteroatoms. The van der Waals surface area contributed by atoms with Crippen LogP contribution < -0.4 is 0 Å². The zero-order valence-corrected chi connectivity index (χ0v) is 19.1. The Morgan fingerprint density at radius 3 is 2.63 bits per heavy atom. The highest BCUT2D eigenvalue weighted by atomic mass is 16.3. The van der Waals surface area contributed by atoms with Crippen molar-refractivity contribution in [3.8, 4) is 0 Å². The first-order valence-electron chi connectivity index (χ1n) is 12.5. The second kappa shape index (κ2) is 7.46. The van der Waals surface area contributed by atoms with Gasteiger partial charge in [0.1, 0.15) is 0 Å². The molecular formula is C26H40N2O2. The van der Waals surface area contributed by atoms with Crippen molar-refractivity contribution in [2.24, 2.45) is 46.3 Å². The van der Waals surface area contributed by atoms with Crippen LogP contribution in [-0.4, -0.2) is 20.7 Å². The molecule has 0 amide bonds. The summed E-state index contributed by atoms with van der Waals surface area (Å²) < 4.78 is 1.73. The number of aliphatic hydroxyl groups is 1. The summed E-state index contributed by atoms with van der Waals surface area (Å²) in [6.07, 6.45) is 15.5. The predicted octanol–water partition coefficient (Wildman–Crippen LogP) is 5.24. The summed E-state index contributed by atoms with van der Waals surface area (Å²) in [6, 6.07) is 0. The summed E-state index contributed by atoms with van der Waals surface area (Å²) >= 11 is 0. The van der Waals surface area contributed by atoms with Crippen molar-refractivity contribution in [2.45, 2.75) is 91.7 Å². The molecule has 30 heavy (non-hydrogen) atoms. The van der Waals surface area contributed by atoms with Gasteiger partial charge in [0.05, 0.1) is 19.3 Å². The Balaban J connectivity index is 1.33. The Bertz CT molecular complexity index is 803. The molecule has 0 bridgehead atoms. The molecule has 4 nitrogen and oxygen atoms in total. The maximum absolute atomic E-state index is 13.3. The third-order valence-electron chi connectivity index (χ3n) is 10.5. The Hall–Kier alpha value is -1.16. The first-order valence-corrected chi connectivity index (χ1v) is 12.5. The van der Waals surface area contributed by atoms with E-state index in [2.05, 4.69) is 25.9 Å². The van der Waals surface area contributed by atoms with E-state index >= 15 is 0 Å². The molecule has 0 spiro atoms. The monoisotopic (exact) mass is 412 g/mol. The number of rotatable bonds is 4. The number of aliphatic hydroxyl groups excluding tert-OH is 1. The van der Waals surface area contributed by atoms with E-state index in [-0.39, 0.29) is 17.9 Å². The number of nitrogens with zero attached hydrogens (tertiary/aromatic N) is 2. The predicted molar refractivity (Wildman–Crippen MR) is 118 cm³/mol. The average molecular weight is 413 g/mol. The zero-order valence-electron chi connectivity index (χ0n) is 19.1. The van der Waals surface area contributed by atoms with Gasteiger partial charge in [0.25, 0.3) is 0 Å². The molecule has 5 rings (SSSR count). The minimum Gasteiger partial charge on any atom is -0.392 e. The van der Waals surface area contributed by atoms with Crippen LogP contribution in [0, 0.1) is 46.3 Å². The zero-order chi connectivity index (χ0) is 21.1. The van der Waals surface area contributed by atoms with Gasteiger partial charge in [0.15, 0.2) is 5.78 Å². The maximum atomic E-state index is 13.3. The van der Waals surface area contributed by atoms with Gasteiger partial charge >= 0.3 is 0 Å². The van der Waals surface area contributed by atoms with Crippen LogP contribution in [0.3, 0.4) is 0 Å². The number of hydrogen-bond acceptors (Lipinski definition) is 3. The van der Waals surface area contributed by atoms with Crippen molar-refractivity contribution < 1.29 is 9.90 Å². The minimum absolute atomic E-state index is 0.0149. The van der Waals surface area contributed by atoms with E-state index in [1.807, 2.05) is 6.20 Å². The van der Waals surface area contributed by atoms with Crippen molar-refractivity contribution in [3.63, 3.8) is 0 Å². The number of aromatic nitrogens is 2. The van der Waals surface area contributed by atoms with Crippen LogP contribution in [0.4, 0.5) is 0 Å². The van der Waals surface area contributed by atoms with Gasteiger partial charge in [-0.1, -0.05) is 27.2 Å². The molecule has 1 heterocycles. The van der Waals surface area contributed by atoms with Gasteiger partial charge in [-0.15, -0.1) is 0 Å². The Morgan fingerprint density at radius 1 is 1.10 bits per heavy atom. The molecule has 4 saturated carbocycles. The average Bonchev–Trinajstić information content (AvgIpc) is 3.32. The molecule has 1 aromatic heterocycles. The van der Waals surface area contributed by atoms with Crippen molar-refractivity contribution >= 4 is 5.78 Å². The van der Waals surface area contributed by atoms with Crippen LogP contribution in [0.15, 0.2) is 12.4 Å². The molecule has 0 aromatic carbocycles. The molecule has 4 aliphatic carbocycles. The summed E-state index contributed by atoms with van der Waals surface area (Å²) in [5, 5.41) is 13.6. The summed E-state index contributed by atoms with van der Waals surface area (Å²) in [4.78, 5) is 13.3. The van der Waals surface area contributed by atoms with Gasteiger partial charge in [-0.2, -0.15) is 5.10 Å². The van der Waals surface area contributed by atoms with E-state index in [4.69, 9.17) is 0 Å². The molecule has 1 aromatic rings. The topological polar surface area (TPSA) is 55.1 Å². The van der Waals surface area contributed by atoms with Crippen LogP contribution in [0.25, 0.3) is 0 Å². The normalized spacial score (nSPS) is 45.5. The van der Waals surface area contributed by atoms with Gasteiger partial charge in [0, 0.05) is 17.7 Å². The molecular weight excluding hydrogens is 372 g/mol. The fourth-order valence-corrected chi connectivity index (χ4v) is 8.85. The smallest absolute Gasteiger partial charge is 0.157 e. The number of fused-ring (bicyclic) bond motifs is 5. The number of ketones is 1. The third kappa shape index (κ3) is 3.12.